The molecule has 0 fully saturated rings. The minimum absolute atomic E-state index is 0.0973. The normalized spacial score (nSPS) is 11.6. The van der Waals surface area contributed by atoms with Crippen molar-refractivity contribution >= 4 is 11.8 Å². The molecule has 0 aliphatic rings. The fourth-order valence-electron chi connectivity index (χ4n) is 5.26. The van der Waals surface area contributed by atoms with Gasteiger partial charge in [-0.05, 0) is 38.5 Å². The lowest BCUT2D eigenvalue weighted by Gasteiger charge is -2.28. The predicted molar refractivity (Wildman–Crippen MR) is 169 cm³/mol. The monoisotopic (exact) mass is 550 g/mol. The number of carbonyl (C=O) groups excluding carboxylic acids is 2. The Bertz CT molecular complexity index is 570. The maximum atomic E-state index is 13.0. The molecule has 0 aliphatic heterocycles. The molecule has 0 amide bonds. The number of ketones is 1. The van der Waals surface area contributed by atoms with Crippen molar-refractivity contribution in [3.05, 3.63) is 11.8 Å². The van der Waals surface area contributed by atoms with Crippen molar-refractivity contribution in [3.63, 3.8) is 0 Å². The Hall–Kier alpha value is -1.32. The molecule has 0 spiro atoms. The molecular formula is C35H67NO3. The summed E-state index contributed by atoms with van der Waals surface area (Å²) >= 11 is 0. The number of hydrogen-bond acceptors (Lipinski definition) is 4. The van der Waals surface area contributed by atoms with E-state index in [4.69, 9.17) is 4.74 Å². The summed E-state index contributed by atoms with van der Waals surface area (Å²) in [7, 11) is 1.46. The lowest BCUT2D eigenvalue weighted by molar-refractivity contribution is -0.140. The Morgan fingerprint density at radius 1 is 0.513 bits per heavy atom. The zero-order valence-corrected chi connectivity index (χ0v) is 26.8. The molecule has 0 saturated carbocycles. The van der Waals surface area contributed by atoms with Crippen LogP contribution in [0.3, 0.4) is 0 Å². The van der Waals surface area contributed by atoms with Gasteiger partial charge >= 0.3 is 5.97 Å². The van der Waals surface area contributed by atoms with Crippen LogP contribution in [0, 0.1) is 0 Å². The average Bonchev–Trinajstić information content (AvgIpc) is 2.94. The Balaban J connectivity index is 4.98. The van der Waals surface area contributed by atoms with Crippen molar-refractivity contribution in [1.29, 1.82) is 0 Å². The first kappa shape index (κ1) is 37.7. The van der Waals surface area contributed by atoms with Gasteiger partial charge in [-0.15, -0.1) is 0 Å². The molecule has 0 rings (SSSR count). The summed E-state index contributed by atoms with van der Waals surface area (Å²) in [4.78, 5) is 26.9. The fraction of sp³-hybridized carbons (Fsp3) is 0.886. The molecule has 230 valence electrons. The number of rotatable bonds is 30. The van der Waals surface area contributed by atoms with Crippen molar-refractivity contribution in [2.75, 3.05) is 20.2 Å². The number of methoxy groups -OCH3 is 1. The first-order chi connectivity index (χ1) is 19.1. The van der Waals surface area contributed by atoms with Crippen LogP contribution in [0.1, 0.15) is 181 Å². The second-order valence-electron chi connectivity index (χ2n) is 11.6. The highest BCUT2D eigenvalue weighted by molar-refractivity contribution is 5.90. The van der Waals surface area contributed by atoms with Crippen LogP contribution in [-0.4, -0.2) is 36.9 Å². The van der Waals surface area contributed by atoms with E-state index in [2.05, 4.69) is 25.7 Å². The van der Waals surface area contributed by atoms with Gasteiger partial charge < -0.3 is 9.64 Å². The highest BCUT2D eigenvalue weighted by atomic mass is 16.5. The molecule has 0 N–H and O–H groups in total. The van der Waals surface area contributed by atoms with Crippen LogP contribution in [-0.2, 0) is 14.3 Å². The molecule has 0 atom stereocenters. The summed E-state index contributed by atoms with van der Waals surface area (Å²) in [6.45, 7) is 8.98. The first-order valence-corrected chi connectivity index (χ1v) is 17.1. The molecule has 0 aromatic carbocycles. The van der Waals surface area contributed by atoms with E-state index in [0.29, 0.717) is 18.6 Å². The number of esters is 1. The van der Waals surface area contributed by atoms with E-state index in [0.717, 1.165) is 45.2 Å². The molecule has 0 radical (unpaired) electrons. The number of ether oxygens (including phenoxy) is 1. The van der Waals surface area contributed by atoms with Gasteiger partial charge in [0.1, 0.15) is 0 Å². The van der Waals surface area contributed by atoms with Crippen LogP contribution in [0.25, 0.3) is 0 Å². The van der Waals surface area contributed by atoms with Gasteiger partial charge in [0.2, 0.25) is 0 Å². The summed E-state index contributed by atoms with van der Waals surface area (Å²) in [6.07, 6.45) is 31.4. The van der Waals surface area contributed by atoms with Crippen molar-refractivity contribution < 1.29 is 14.3 Å². The number of allylic oxidation sites excluding steroid dienone is 2. The van der Waals surface area contributed by atoms with Gasteiger partial charge in [0, 0.05) is 37.7 Å². The van der Waals surface area contributed by atoms with Crippen LogP contribution in [0.4, 0.5) is 0 Å². The average molecular weight is 550 g/mol. The van der Waals surface area contributed by atoms with Gasteiger partial charge in [-0.25, -0.2) is 0 Å². The van der Waals surface area contributed by atoms with Gasteiger partial charge in [-0.3, -0.25) is 9.59 Å². The van der Waals surface area contributed by atoms with Crippen molar-refractivity contribution in [2.45, 2.75) is 181 Å². The quantitative estimate of drug-likeness (QED) is 0.0508. The van der Waals surface area contributed by atoms with Gasteiger partial charge in [0.05, 0.1) is 7.11 Å². The third kappa shape index (κ3) is 25.4. The largest absolute Gasteiger partial charge is 0.469 e. The van der Waals surface area contributed by atoms with Gasteiger partial charge in [0.25, 0.3) is 0 Å². The second-order valence-corrected chi connectivity index (χ2v) is 11.6. The zero-order valence-electron chi connectivity index (χ0n) is 26.8. The summed E-state index contributed by atoms with van der Waals surface area (Å²) in [5.74, 6) is 0.236. The molecule has 0 aromatic heterocycles. The molecule has 0 bridgehead atoms. The maximum absolute atomic E-state index is 13.0. The molecule has 4 nitrogen and oxygen atoms in total. The molecule has 0 heterocycles. The minimum Gasteiger partial charge on any atom is -0.469 e. The highest BCUT2D eigenvalue weighted by Gasteiger charge is 2.12. The molecule has 0 aliphatic carbocycles. The highest BCUT2D eigenvalue weighted by Crippen LogP contribution is 2.20. The third-order valence-corrected chi connectivity index (χ3v) is 7.87. The lowest BCUT2D eigenvalue weighted by atomic mass is 10.0. The molecule has 0 unspecified atom stereocenters. The number of carbonyl (C=O) groups is 2. The van der Waals surface area contributed by atoms with Gasteiger partial charge in [-0.1, -0.05) is 130 Å². The van der Waals surface area contributed by atoms with Crippen LogP contribution < -0.4 is 0 Å². The van der Waals surface area contributed by atoms with Crippen LogP contribution in [0.2, 0.25) is 0 Å². The summed E-state index contributed by atoms with van der Waals surface area (Å²) < 4.78 is 4.74. The molecule has 0 aromatic rings. The van der Waals surface area contributed by atoms with Gasteiger partial charge in [0.15, 0.2) is 5.78 Å². The summed E-state index contributed by atoms with van der Waals surface area (Å²) in [5.41, 5.74) is 1.31. The molecule has 4 heteroatoms. The summed E-state index contributed by atoms with van der Waals surface area (Å²) in [6, 6.07) is 0. The van der Waals surface area contributed by atoms with E-state index >= 15 is 0 Å². The van der Waals surface area contributed by atoms with Crippen LogP contribution >= 0.6 is 0 Å². The minimum atomic E-state index is -0.0973. The van der Waals surface area contributed by atoms with Crippen molar-refractivity contribution in [2.24, 2.45) is 0 Å². The first-order valence-electron chi connectivity index (χ1n) is 17.1. The van der Waals surface area contributed by atoms with Crippen LogP contribution in [0.15, 0.2) is 11.8 Å². The van der Waals surface area contributed by atoms with E-state index in [1.165, 1.54) is 128 Å². The lowest BCUT2D eigenvalue weighted by Crippen LogP contribution is -2.26. The summed E-state index contributed by atoms with van der Waals surface area (Å²) in [5, 5.41) is 0. The second kappa shape index (κ2) is 29.7. The van der Waals surface area contributed by atoms with E-state index in [1.54, 1.807) is 0 Å². The Morgan fingerprint density at radius 2 is 0.897 bits per heavy atom. The number of unbranched alkanes of at least 4 members (excludes halogenated alkanes) is 18. The fourth-order valence-corrected chi connectivity index (χ4v) is 5.26. The number of hydrogen-bond donors (Lipinski definition) is 0. The van der Waals surface area contributed by atoms with E-state index in [1.807, 2.05) is 6.08 Å². The Labute approximate surface area is 244 Å². The van der Waals surface area contributed by atoms with Crippen molar-refractivity contribution in [1.82, 2.24) is 4.90 Å². The van der Waals surface area contributed by atoms with Crippen molar-refractivity contribution in [3.8, 4) is 0 Å². The molecular weight excluding hydrogens is 482 g/mol. The molecule has 39 heavy (non-hydrogen) atoms. The van der Waals surface area contributed by atoms with Crippen LogP contribution in [0.5, 0.6) is 0 Å². The SMILES string of the molecule is CCCCCCCCN(CCCCCCCC)/C(=C/C(=O)CCCCCC)CCCCCCCCC(=O)OC. The van der Waals surface area contributed by atoms with E-state index in [9.17, 15) is 9.59 Å². The smallest absolute Gasteiger partial charge is 0.305 e. The number of nitrogens with zero attached hydrogens (tertiary/aromatic N) is 1. The van der Waals surface area contributed by atoms with Gasteiger partial charge in [-0.2, -0.15) is 0 Å². The standard InChI is InChI=1S/C35H67NO3/c1-5-8-11-14-20-25-30-36(31-26-21-15-12-9-6-2)33(32-34(37)28-23-13-10-7-3)27-22-18-16-17-19-24-29-35(38)39-4/h32H,5-31H2,1-4H3/b33-32+. The zero-order chi connectivity index (χ0) is 28.8. The Kier molecular flexibility index (Phi) is 28.7. The predicted octanol–water partition coefficient (Wildman–Crippen LogP) is 10.7. The van der Waals surface area contributed by atoms with E-state index < -0.39 is 0 Å². The topological polar surface area (TPSA) is 46.6 Å². The maximum Gasteiger partial charge on any atom is 0.305 e. The van der Waals surface area contributed by atoms with E-state index in [-0.39, 0.29) is 5.97 Å². The third-order valence-electron chi connectivity index (χ3n) is 7.87. The Morgan fingerprint density at radius 3 is 1.38 bits per heavy atom. The molecule has 0 saturated heterocycles.